The average Bonchev–Trinajstić information content (AvgIpc) is 2.64. The highest BCUT2D eigenvalue weighted by Crippen LogP contribution is 2.26. The number of hydrogen-bond donors (Lipinski definition) is 1. The van der Waals surface area contributed by atoms with Gasteiger partial charge in [0.25, 0.3) is 0 Å². The van der Waals surface area contributed by atoms with Crippen molar-refractivity contribution >= 4 is 39.8 Å². The van der Waals surface area contributed by atoms with Crippen LogP contribution in [0.4, 0.5) is 5.13 Å². The Morgan fingerprint density at radius 3 is 2.87 bits per heavy atom. The van der Waals surface area contributed by atoms with E-state index in [9.17, 15) is 0 Å². The van der Waals surface area contributed by atoms with Crippen molar-refractivity contribution in [1.29, 1.82) is 0 Å². The fraction of sp³-hybridized carbons (Fsp3) is 0.125. The highest BCUT2D eigenvalue weighted by molar-refractivity contribution is 8.00. The zero-order valence-electron chi connectivity index (χ0n) is 7.55. The van der Waals surface area contributed by atoms with Crippen molar-refractivity contribution in [2.45, 2.75) is 10.1 Å². The van der Waals surface area contributed by atoms with Gasteiger partial charge >= 0.3 is 0 Å². The van der Waals surface area contributed by atoms with Gasteiger partial charge in [-0.1, -0.05) is 34.7 Å². The van der Waals surface area contributed by atoms with Crippen molar-refractivity contribution in [2.24, 2.45) is 0 Å². The summed E-state index contributed by atoms with van der Waals surface area (Å²) in [6, 6.07) is 3.71. The summed E-state index contributed by atoms with van der Waals surface area (Å²) in [7, 11) is 0. The summed E-state index contributed by atoms with van der Waals surface area (Å²) < 4.78 is 0.851. The Bertz CT molecular complexity index is 442. The van der Waals surface area contributed by atoms with Gasteiger partial charge in [0.15, 0.2) is 4.34 Å². The van der Waals surface area contributed by atoms with Crippen molar-refractivity contribution in [1.82, 2.24) is 15.2 Å². The maximum Gasteiger partial charge on any atom is 0.203 e. The van der Waals surface area contributed by atoms with Crippen molar-refractivity contribution in [3.05, 3.63) is 29.0 Å². The van der Waals surface area contributed by atoms with Gasteiger partial charge in [-0.15, -0.1) is 10.2 Å². The Morgan fingerprint density at radius 1 is 1.40 bits per heavy atom. The standard InChI is InChI=1S/C8H7ClN4S2/c9-5-1-2-6(11-3-5)4-14-8-13-12-7(10)15-8/h1-3H,4H2,(H2,10,12). The van der Waals surface area contributed by atoms with Crippen molar-refractivity contribution in [2.75, 3.05) is 5.73 Å². The first-order valence-corrected chi connectivity index (χ1v) is 6.24. The van der Waals surface area contributed by atoms with Crippen LogP contribution in [0.15, 0.2) is 22.7 Å². The molecular formula is C8H7ClN4S2. The van der Waals surface area contributed by atoms with Gasteiger partial charge in [-0.3, -0.25) is 4.98 Å². The van der Waals surface area contributed by atoms with Gasteiger partial charge in [0.2, 0.25) is 5.13 Å². The second kappa shape index (κ2) is 4.78. The summed E-state index contributed by atoms with van der Waals surface area (Å²) >= 11 is 8.66. The van der Waals surface area contributed by atoms with E-state index < -0.39 is 0 Å². The maximum atomic E-state index is 5.73. The molecule has 0 saturated heterocycles. The molecule has 2 N–H and O–H groups in total. The summed E-state index contributed by atoms with van der Waals surface area (Å²) in [6.07, 6.45) is 1.63. The lowest BCUT2D eigenvalue weighted by atomic mass is 10.4. The number of nitrogens with zero attached hydrogens (tertiary/aromatic N) is 3. The third-order valence-electron chi connectivity index (χ3n) is 1.55. The van der Waals surface area contributed by atoms with Crippen LogP contribution in [-0.4, -0.2) is 15.2 Å². The normalized spacial score (nSPS) is 10.5. The number of rotatable bonds is 3. The van der Waals surface area contributed by atoms with Gasteiger partial charge in [-0.2, -0.15) is 0 Å². The summed E-state index contributed by atoms with van der Waals surface area (Å²) in [5.41, 5.74) is 6.42. The maximum absolute atomic E-state index is 5.73. The Hall–Kier alpha value is -0.850. The molecule has 78 valence electrons. The van der Waals surface area contributed by atoms with Crippen LogP contribution in [0.1, 0.15) is 5.69 Å². The molecule has 0 radical (unpaired) electrons. The van der Waals surface area contributed by atoms with Crippen molar-refractivity contribution < 1.29 is 0 Å². The molecule has 4 nitrogen and oxygen atoms in total. The van der Waals surface area contributed by atoms with Gasteiger partial charge in [0.05, 0.1) is 10.7 Å². The van der Waals surface area contributed by atoms with Crippen LogP contribution in [0.25, 0.3) is 0 Å². The minimum Gasteiger partial charge on any atom is -0.374 e. The lowest BCUT2D eigenvalue weighted by molar-refractivity contribution is 1.01. The molecule has 0 amide bonds. The Balaban J connectivity index is 1.96. The van der Waals surface area contributed by atoms with Crippen LogP contribution < -0.4 is 5.73 Å². The average molecular weight is 259 g/mol. The van der Waals surface area contributed by atoms with E-state index in [1.165, 1.54) is 11.3 Å². The molecule has 0 aliphatic heterocycles. The molecule has 0 aliphatic carbocycles. The van der Waals surface area contributed by atoms with E-state index >= 15 is 0 Å². The number of thioether (sulfide) groups is 1. The molecular weight excluding hydrogens is 252 g/mol. The molecule has 0 spiro atoms. The van der Waals surface area contributed by atoms with Crippen LogP contribution >= 0.6 is 34.7 Å². The lowest BCUT2D eigenvalue weighted by Crippen LogP contribution is -1.85. The lowest BCUT2D eigenvalue weighted by Gasteiger charge is -1.97. The third-order valence-corrected chi connectivity index (χ3v) is 3.70. The van der Waals surface area contributed by atoms with Crippen LogP contribution in [0.3, 0.4) is 0 Å². The summed E-state index contributed by atoms with van der Waals surface area (Å²) in [5, 5.41) is 8.76. The molecule has 15 heavy (non-hydrogen) atoms. The largest absolute Gasteiger partial charge is 0.374 e. The minimum atomic E-state index is 0.488. The number of aromatic nitrogens is 3. The fourth-order valence-electron chi connectivity index (χ4n) is 0.906. The number of anilines is 1. The number of pyridine rings is 1. The van der Waals surface area contributed by atoms with Gasteiger partial charge in [0.1, 0.15) is 0 Å². The van der Waals surface area contributed by atoms with Crippen molar-refractivity contribution in [3.63, 3.8) is 0 Å². The first-order valence-electron chi connectivity index (χ1n) is 4.06. The van der Waals surface area contributed by atoms with Gasteiger partial charge < -0.3 is 5.73 Å². The number of nitrogen functional groups attached to an aromatic ring is 1. The van der Waals surface area contributed by atoms with E-state index in [2.05, 4.69) is 15.2 Å². The molecule has 0 fully saturated rings. The molecule has 0 aliphatic rings. The topological polar surface area (TPSA) is 64.7 Å². The van der Waals surface area contributed by atoms with E-state index in [4.69, 9.17) is 17.3 Å². The minimum absolute atomic E-state index is 0.488. The van der Waals surface area contributed by atoms with Crippen LogP contribution in [0, 0.1) is 0 Å². The molecule has 0 saturated carbocycles. The fourth-order valence-corrected chi connectivity index (χ4v) is 2.57. The number of nitrogens with two attached hydrogens (primary N) is 1. The number of halogens is 1. The molecule has 0 unspecified atom stereocenters. The molecule has 7 heteroatoms. The van der Waals surface area contributed by atoms with Gasteiger partial charge in [0, 0.05) is 11.9 Å². The molecule has 2 aromatic rings. The number of hydrogen-bond acceptors (Lipinski definition) is 6. The van der Waals surface area contributed by atoms with E-state index in [0.29, 0.717) is 10.2 Å². The molecule has 2 heterocycles. The molecule has 0 atom stereocenters. The Labute approximate surface area is 99.9 Å². The highest BCUT2D eigenvalue weighted by atomic mass is 35.5. The zero-order valence-corrected chi connectivity index (χ0v) is 9.94. The van der Waals surface area contributed by atoms with Gasteiger partial charge in [-0.25, -0.2) is 0 Å². The van der Waals surface area contributed by atoms with E-state index in [1.807, 2.05) is 12.1 Å². The predicted molar refractivity (Wildman–Crippen MR) is 63.1 cm³/mol. The SMILES string of the molecule is Nc1nnc(SCc2ccc(Cl)cn2)s1. The summed E-state index contributed by atoms with van der Waals surface area (Å²) in [5.74, 6) is 0.742. The molecule has 2 rings (SSSR count). The quantitative estimate of drug-likeness (QED) is 0.857. The van der Waals surface area contributed by atoms with E-state index in [1.54, 1.807) is 18.0 Å². The van der Waals surface area contributed by atoms with E-state index in [0.717, 1.165) is 15.8 Å². The Kier molecular flexibility index (Phi) is 3.40. The van der Waals surface area contributed by atoms with Gasteiger partial charge in [-0.05, 0) is 12.1 Å². The smallest absolute Gasteiger partial charge is 0.203 e. The van der Waals surface area contributed by atoms with Crippen LogP contribution in [-0.2, 0) is 5.75 Å². The summed E-state index contributed by atoms with van der Waals surface area (Å²) in [6.45, 7) is 0. The highest BCUT2D eigenvalue weighted by Gasteiger charge is 2.02. The summed E-state index contributed by atoms with van der Waals surface area (Å²) in [4.78, 5) is 4.17. The first kappa shape index (κ1) is 10.7. The monoisotopic (exact) mass is 258 g/mol. The molecule has 0 bridgehead atoms. The van der Waals surface area contributed by atoms with Crippen LogP contribution in [0.5, 0.6) is 0 Å². The predicted octanol–water partition coefficient (Wildman–Crippen LogP) is 2.46. The second-order valence-electron chi connectivity index (χ2n) is 2.66. The molecule has 0 aromatic carbocycles. The third kappa shape index (κ3) is 3.05. The van der Waals surface area contributed by atoms with Crippen LogP contribution in [0.2, 0.25) is 5.02 Å². The molecule has 2 aromatic heterocycles. The van der Waals surface area contributed by atoms with Crippen molar-refractivity contribution in [3.8, 4) is 0 Å². The van der Waals surface area contributed by atoms with E-state index in [-0.39, 0.29) is 0 Å². The zero-order chi connectivity index (χ0) is 10.7. The Morgan fingerprint density at radius 2 is 2.27 bits per heavy atom. The first-order chi connectivity index (χ1) is 7.24. The second-order valence-corrected chi connectivity index (χ2v) is 5.33.